The third kappa shape index (κ3) is 4.63. The summed E-state index contributed by atoms with van der Waals surface area (Å²) in [6.45, 7) is 0. The predicted octanol–water partition coefficient (Wildman–Crippen LogP) is 1.20. The minimum Gasteiger partial charge on any atom is -1.00 e. The Morgan fingerprint density at radius 3 is 1.92 bits per heavy atom. The first-order valence-corrected chi connectivity index (χ1v) is 15.6. The summed E-state index contributed by atoms with van der Waals surface area (Å²) in [5.41, 5.74) is 8.88. The molecule has 0 spiro atoms. The molecule has 0 bridgehead atoms. The topological polar surface area (TPSA) is 0 Å². The average Bonchev–Trinajstić information content (AvgIpc) is 3.49. The molecule has 7 rings (SSSR count). The molecule has 0 radical (unpaired) electrons. The number of hydrogen-bond donors (Lipinski definition) is 0. The second-order valence-electron chi connectivity index (χ2n) is 9.45. The van der Waals surface area contributed by atoms with E-state index in [0.29, 0.717) is 4.22 Å². The van der Waals surface area contributed by atoms with E-state index in [1.807, 2.05) is 0 Å². The van der Waals surface area contributed by atoms with Crippen molar-refractivity contribution in [3.05, 3.63) is 155 Å². The van der Waals surface area contributed by atoms with Crippen LogP contribution in [0.1, 0.15) is 26.5 Å². The summed E-state index contributed by atoms with van der Waals surface area (Å²) in [5, 5.41) is 4.51. The summed E-state index contributed by atoms with van der Waals surface area (Å²) in [6, 6.07) is 47.5. The Bertz CT molecular complexity index is 1560. The van der Waals surface area contributed by atoms with Gasteiger partial charge in [-0.25, -0.2) is 0 Å². The molecule has 2 aliphatic carbocycles. The summed E-state index contributed by atoms with van der Waals surface area (Å²) in [4.78, 5) is 0. The maximum absolute atomic E-state index is 2.53. The fraction of sp³-hybridized carbons (Fsp3) is 0.0588. The third-order valence-electron chi connectivity index (χ3n) is 7.34. The minimum atomic E-state index is -0.594. The molecule has 5 aromatic carbocycles. The smallest absolute Gasteiger partial charge is 1.00 e. The summed E-state index contributed by atoms with van der Waals surface area (Å²) >= 11 is -0.465. The molecule has 0 saturated carbocycles. The van der Waals surface area contributed by atoms with Crippen molar-refractivity contribution in [3.8, 4) is 11.1 Å². The Hall–Kier alpha value is -3.16. The van der Waals surface area contributed by atoms with Crippen LogP contribution in [0.2, 0.25) is 0 Å². The van der Waals surface area contributed by atoms with Gasteiger partial charge in [0.05, 0.1) is 0 Å². The number of rotatable bonds is 5. The van der Waals surface area contributed by atoms with Gasteiger partial charge in [0.1, 0.15) is 0 Å². The minimum absolute atomic E-state index is 0. The second kappa shape index (κ2) is 11.3. The van der Waals surface area contributed by atoms with Crippen LogP contribution in [0, 0.1) is 0 Å². The Balaban J connectivity index is 0.00000147. The summed E-state index contributed by atoms with van der Waals surface area (Å²) < 4.78 is 2.12. The van der Waals surface area contributed by atoms with E-state index in [4.69, 9.17) is 0 Å². The zero-order valence-corrected chi connectivity index (χ0v) is 23.1. The standard InChI is InChI=1S/C21H16P.C13H9.2FH.Ti/c1-3-11-19(12-4-1)22(20-13-5-2-6-14-20)21-15-17-9-7-8-10-18(17)16-21;1-3-7-12-10(5-1)9-11-6-2-4-8-13(11)12;;;/h1-16H;1-5,7-8H,9H2;2*1H;/q;;;;+2/p-2. The Labute approximate surface area is 232 Å². The van der Waals surface area contributed by atoms with Gasteiger partial charge in [-0.15, -0.1) is 0 Å². The van der Waals surface area contributed by atoms with Gasteiger partial charge in [-0.3, -0.25) is 0 Å². The van der Waals surface area contributed by atoms with Crippen molar-refractivity contribution >= 4 is 28.5 Å². The van der Waals surface area contributed by atoms with Gasteiger partial charge >= 0.3 is 224 Å². The van der Waals surface area contributed by atoms with Gasteiger partial charge in [-0.1, -0.05) is 0 Å². The molecule has 0 aromatic heterocycles. The van der Waals surface area contributed by atoms with Gasteiger partial charge < -0.3 is 9.41 Å². The Morgan fingerprint density at radius 2 is 1.18 bits per heavy atom. The number of benzene rings is 5. The van der Waals surface area contributed by atoms with Crippen LogP contribution in [0.25, 0.3) is 17.2 Å². The second-order valence-corrected chi connectivity index (χ2v) is 13.9. The molecule has 0 fully saturated rings. The number of fused-ring (bicyclic) bond motifs is 4. The van der Waals surface area contributed by atoms with Crippen LogP contribution in [0.3, 0.4) is 0 Å². The summed E-state index contributed by atoms with van der Waals surface area (Å²) in [5.74, 6) is 0. The van der Waals surface area contributed by atoms with E-state index in [0.717, 1.165) is 6.42 Å². The molecule has 0 aliphatic heterocycles. The fourth-order valence-electron chi connectivity index (χ4n) is 5.70. The van der Waals surface area contributed by atoms with E-state index in [-0.39, 0.29) is 9.41 Å². The van der Waals surface area contributed by atoms with E-state index in [1.165, 1.54) is 38.4 Å². The molecule has 0 amide bonds. The molecule has 1 atom stereocenters. The van der Waals surface area contributed by atoms with Crippen LogP contribution >= 0.6 is 7.92 Å². The monoisotopic (exact) mass is 550 g/mol. The number of hydrogen-bond acceptors (Lipinski definition) is 0. The molecule has 0 saturated heterocycles. The molecule has 1 unspecified atom stereocenters. The van der Waals surface area contributed by atoms with Gasteiger partial charge in [-0.05, 0) is 0 Å². The van der Waals surface area contributed by atoms with E-state index in [9.17, 15) is 0 Å². The molecular weight excluding hydrogens is 525 g/mol. The van der Waals surface area contributed by atoms with Crippen molar-refractivity contribution in [2.24, 2.45) is 0 Å². The van der Waals surface area contributed by atoms with Gasteiger partial charge in [-0.2, -0.15) is 0 Å². The van der Waals surface area contributed by atoms with Crippen molar-refractivity contribution in [3.63, 3.8) is 0 Å². The van der Waals surface area contributed by atoms with E-state index in [2.05, 4.69) is 133 Å². The van der Waals surface area contributed by atoms with Crippen molar-refractivity contribution in [1.82, 2.24) is 0 Å². The maximum Gasteiger partial charge on any atom is -1.00 e. The molecule has 4 heteroatoms. The molecule has 5 aromatic rings. The Kier molecular flexibility index (Phi) is 7.86. The Morgan fingerprint density at radius 1 is 0.579 bits per heavy atom. The van der Waals surface area contributed by atoms with Gasteiger partial charge in [0.15, 0.2) is 0 Å². The van der Waals surface area contributed by atoms with Crippen molar-refractivity contribution < 1.29 is 28.6 Å². The van der Waals surface area contributed by atoms with Crippen LogP contribution in [-0.4, -0.2) is 0 Å². The van der Waals surface area contributed by atoms with Crippen molar-refractivity contribution in [1.29, 1.82) is 0 Å². The van der Waals surface area contributed by atoms with Crippen molar-refractivity contribution in [2.45, 2.75) is 10.6 Å². The zero-order valence-electron chi connectivity index (χ0n) is 20.7. The summed E-state index contributed by atoms with van der Waals surface area (Å²) in [6.07, 6.45) is 3.61. The molecule has 0 nitrogen and oxygen atoms in total. The van der Waals surface area contributed by atoms with Crippen LogP contribution in [0.4, 0.5) is 0 Å². The largest absolute Gasteiger partial charge is 1.00 e. The SMILES string of the molecule is C1=C(P(c2ccccc2)c2ccccc2)[CH]([Ti+2][c]2cccc3c2Cc2ccccc2-3)c2ccccc21.[F-].[F-]. The fourth-order valence-corrected chi connectivity index (χ4v) is 11.5. The average molecular weight is 550 g/mol. The first-order valence-electron chi connectivity index (χ1n) is 12.5. The van der Waals surface area contributed by atoms with Gasteiger partial charge in [0, 0.05) is 0 Å². The molecule has 38 heavy (non-hydrogen) atoms. The predicted molar refractivity (Wildman–Crippen MR) is 151 cm³/mol. The van der Waals surface area contributed by atoms with Crippen molar-refractivity contribution in [2.75, 3.05) is 0 Å². The maximum atomic E-state index is 2.53. The first-order chi connectivity index (χ1) is 17.9. The van der Waals surface area contributed by atoms with Crippen LogP contribution in [0.5, 0.6) is 0 Å². The van der Waals surface area contributed by atoms with Crippen LogP contribution in [-0.2, 0) is 25.6 Å². The van der Waals surface area contributed by atoms with Crippen LogP contribution < -0.4 is 23.9 Å². The van der Waals surface area contributed by atoms with E-state index >= 15 is 0 Å². The molecule has 0 N–H and O–H groups in total. The summed E-state index contributed by atoms with van der Waals surface area (Å²) in [7, 11) is -0.594. The number of halogens is 2. The normalized spacial score (nSPS) is 14.3. The first kappa shape index (κ1) is 26.5. The quantitative estimate of drug-likeness (QED) is 0.224. The van der Waals surface area contributed by atoms with Crippen LogP contribution in [0.15, 0.2) is 133 Å². The zero-order chi connectivity index (χ0) is 23.9. The number of allylic oxidation sites excluding steroid dienone is 1. The van der Waals surface area contributed by atoms with E-state index < -0.39 is 27.1 Å². The van der Waals surface area contributed by atoms with Gasteiger partial charge in [0.25, 0.3) is 0 Å². The van der Waals surface area contributed by atoms with Gasteiger partial charge in [0.2, 0.25) is 0 Å². The molecular formula is C34H25F2PTi. The molecule has 2 aliphatic rings. The molecule has 0 heterocycles. The van der Waals surface area contributed by atoms with E-state index in [1.54, 1.807) is 14.7 Å². The third-order valence-corrected chi connectivity index (χ3v) is 12.9. The molecule has 184 valence electrons.